The molecule has 0 radical (unpaired) electrons. The third-order valence-electron chi connectivity index (χ3n) is 3.20. The van der Waals surface area contributed by atoms with E-state index in [1.165, 1.54) is 11.3 Å². The van der Waals surface area contributed by atoms with Gasteiger partial charge in [0.2, 0.25) is 0 Å². The van der Waals surface area contributed by atoms with Crippen molar-refractivity contribution in [3.05, 3.63) is 16.1 Å². The number of carbonyl (C=O) groups is 1. The summed E-state index contributed by atoms with van der Waals surface area (Å²) in [5.74, 6) is 0.00294. The Bertz CT molecular complexity index is 416. The maximum Gasteiger partial charge on any atom is 0.273 e. The zero-order valence-electron chi connectivity index (χ0n) is 10.9. The summed E-state index contributed by atoms with van der Waals surface area (Å²) < 4.78 is 0. The fourth-order valence-corrected chi connectivity index (χ4v) is 2.91. The van der Waals surface area contributed by atoms with E-state index in [0.29, 0.717) is 31.9 Å². The molecule has 0 spiro atoms. The van der Waals surface area contributed by atoms with Gasteiger partial charge in [0, 0.05) is 44.5 Å². The molecule has 106 valence electrons. The van der Waals surface area contributed by atoms with E-state index in [0.717, 1.165) is 24.5 Å². The molecule has 6 nitrogen and oxygen atoms in total. The quantitative estimate of drug-likeness (QED) is 0.754. The van der Waals surface area contributed by atoms with Gasteiger partial charge in [0.25, 0.3) is 5.91 Å². The summed E-state index contributed by atoms with van der Waals surface area (Å²) in [4.78, 5) is 20.6. The second-order valence-corrected chi connectivity index (χ2v) is 5.47. The number of rotatable bonds is 5. The smallest absolute Gasteiger partial charge is 0.273 e. The summed E-state index contributed by atoms with van der Waals surface area (Å²) in [7, 11) is 0. The lowest BCUT2D eigenvalue weighted by Gasteiger charge is -2.33. The van der Waals surface area contributed by atoms with Gasteiger partial charge in [-0.15, -0.1) is 11.3 Å². The highest BCUT2D eigenvalue weighted by atomic mass is 32.1. The van der Waals surface area contributed by atoms with Crippen LogP contribution in [-0.2, 0) is 6.42 Å². The zero-order valence-corrected chi connectivity index (χ0v) is 11.7. The van der Waals surface area contributed by atoms with Crippen LogP contribution in [0.15, 0.2) is 5.38 Å². The molecule has 19 heavy (non-hydrogen) atoms. The first-order chi connectivity index (χ1) is 9.24. The number of aliphatic hydroxyl groups is 1. The van der Waals surface area contributed by atoms with Crippen molar-refractivity contribution in [3.63, 3.8) is 0 Å². The molecule has 1 aromatic heterocycles. The van der Waals surface area contributed by atoms with E-state index in [9.17, 15) is 4.79 Å². The highest BCUT2D eigenvalue weighted by Gasteiger charge is 2.23. The van der Waals surface area contributed by atoms with Gasteiger partial charge in [0.15, 0.2) is 0 Å². The van der Waals surface area contributed by atoms with E-state index in [4.69, 9.17) is 10.8 Å². The molecule has 1 fully saturated rings. The molecule has 0 saturated carbocycles. The summed E-state index contributed by atoms with van der Waals surface area (Å²) in [6.07, 6.45) is 0.724. The van der Waals surface area contributed by atoms with Crippen molar-refractivity contribution in [2.24, 2.45) is 5.73 Å². The largest absolute Gasteiger partial charge is 0.395 e. The third-order valence-corrected chi connectivity index (χ3v) is 4.11. The lowest BCUT2D eigenvalue weighted by Crippen LogP contribution is -2.49. The standard InChI is InChI=1S/C12H20N4O2S/c13-2-1-11-14-10(9-19-11)12(18)16-5-3-15(4-6-16)7-8-17/h9,17H,1-8,13H2. The second kappa shape index (κ2) is 6.95. The van der Waals surface area contributed by atoms with Crippen molar-refractivity contribution in [2.45, 2.75) is 6.42 Å². The van der Waals surface area contributed by atoms with Gasteiger partial charge in [-0.05, 0) is 6.54 Å². The lowest BCUT2D eigenvalue weighted by molar-refractivity contribution is 0.0610. The van der Waals surface area contributed by atoms with Crippen molar-refractivity contribution in [3.8, 4) is 0 Å². The maximum atomic E-state index is 12.3. The van der Waals surface area contributed by atoms with Gasteiger partial charge in [-0.2, -0.15) is 0 Å². The van der Waals surface area contributed by atoms with E-state index < -0.39 is 0 Å². The van der Waals surface area contributed by atoms with Crippen LogP contribution in [0.5, 0.6) is 0 Å². The number of nitrogens with two attached hydrogens (primary N) is 1. The van der Waals surface area contributed by atoms with Crippen LogP contribution in [0.1, 0.15) is 15.5 Å². The summed E-state index contributed by atoms with van der Waals surface area (Å²) in [6.45, 7) is 4.42. The summed E-state index contributed by atoms with van der Waals surface area (Å²) >= 11 is 1.49. The average molecular weight is 284 g/mol. The minimum Gasteiger partial charge on any atom is -0.395 e. The number of aliphatic hydroxyl groups excluding tert-OH is 1. The minimum absolute atomic E-state index is 0.00294. The molecule has 1 amide bonds. The molecule has 1 aliphatic heterocycles. The molecule has 0 aromatic carbocycles. The Morgan fingerprint density at radius 1 is 1.42 bits per heavy atom. The molecule has 1 saturated heterocycles. The Morgan fingerprint density at radius 3 is 2.79 bits per heavy atom. The second-order valence-electron chi connectivity index (χ2n) is 4.52. The number of β-amino-alcohol motifs (C(OH)–C–C–N with tert-alkyl or cyclic N) is 1. The molecule has 0 aliphatic carbocycles. The molecule has 3 N–H and O–H groups in total. The van der Waals surface area contributed by atoms with Gasteiger partial charge < -0.3 is 15.7 Å². The fourth-order valence-electron chi connectivity index (χ4n) is 2.13. The van der Waals surface area contributed by atoms with Crippen LogP contribution < -0.4 is 5.73 Å². The van der Waals surface area contributed by atoms with Crippen LogP contribution in [0.2, 0.25) is 0 Å². The predicted molar refractivity (Wildman–Crippen MR) is 74.3 cm³/mol. The first kappa shape index (κ1) is 14.4. The lowest BCUT2D eigenvalue weighted by atomic mass is 10.3. The monoisotopic (exact) mass is 284 g/mol. The molecular formula is C12H20N4O2S. The Balaban J connectivity index is 1.89. The van der Waals surface area contributed by atoms with Gasteiger partial charge in [-0.3, -0.25) is 9.69 Å². The first-order valence-electron chi connectivity index (χ1n) is 6.51. The zero-order chi connectivity index (χ0) is 13.7. The van der Waals surface area contributed by atoms with Gasteiger partial charge >= 0.3 is 0 Å². The summed E-state index contributed by atoms with van der Waals surface area (Å²) in [6, 6.07) is 0. The average Bonchev–Trinajstić information content (AvgIpc) is 2.88. The molecule has 2 heterocycles. The number of amides is 1. The van der Waals surface area contributed by atoms with Crippen LogP contribution in [0.4, 0.5) is 0 Å². The molecule has 0 atom stereocenters. The van der Waals surface area contributed by atoms with Crippen LogP contribution in [-0.4, -0.2) is 71.7 Å². The first-order valence-corrected chi connectivity index (χ1v) is 7.39. The molecule has 1 aromatic rings. The van der Waals surface area contributed by atoms with Crippen LogP contribution >= 0.6 is 11.3 Å². The van der Waals surface area contributed by atoms with E-state index >= 15 is 0 Å². The van der Waals surface area contributed by atoms with E-state index in [1.54, 1.807) is 0 Å². The highest BCUT2D eigenvalue weighted by Crippen LogP contribution is 2.13. The third kappa shape index (κ3) is 3.73. The Hall–Kier alpha value is -1.02. The number of piperazine rings is 1. The predicted octanol–water partition coefficient (Wildman–Crippen LogP) is -0.606. The number of carbonyl (C=O) groups excluding carboxylic acids is 1. The Morgan fingerprint density at radius 2 is 2.16 bits per heavy atom. The number of hydrogen-bond acceptors (Lipinski definition) is 6. The van der Waals surface area contributed by atoms with Gasteiger partial charge in [0.1, 0.15) is 5.69 Å². The summed E-state index contributed by atoms with van der Waals surface area (Å²) in [5, 5.41) is 11.6. The SMILES string of the molecule is NCCc1nc(C(=O)N2CCN(CCO)CC2)cs1. The number of nitrogens with zero attached hydrogens (tertiary/aromatic N) is 3. The molecule has 1 aliphatic rings. The fraction of sp³-hybridized carbons (Fsp3) is 0.667. The van der Waals surface area contributed by atoms with Crippen molar-refractivity contribution in [1.82, 2.24) is 14.8 Å². The maximum absolute atomic E-state index is 12.3. The van der Waals surface area contributed by atoms with Gasteiger partial charge in [0.05, 0.1) is 11.6 Å². The van der Waals surface area contributed by atoms with Crippen LogP contribution in [0.3, 0.4) is 0 Å². The van der Waals surface area contributed by atoms with Crippen molar-refractivity contribution in [1.29, 1.82) is 0 Å². The number of hydrogen-bond donors (Lipinski definition) is 2. The molecule has 2 rings (SSSR count). The van der Waals surface area contributed by atoms with E-state index in [2.05, 4.69) is 9.88 Å². The molecular weight excluding hydrogens is 264 g/mol. The molecule has 0 bridgehead atoms. The van der Waals surface area contributed by atoms with Crippen LogP contribution in [0.25, 0.3) is 0 Å². The minimum atomic E-state index is 0.00294. The molecule has 7 heteroatoms. The number of thiazole rings is 1. The van der Waals surface area contributed by atoms with Crippen LogP contribution in [0, 0.1) is 0 Å². The van der Waals surface area contributed by atoms with Crippen molar-refractivity contribution >= 4 is 17.2 Å². The van der Waals surface area contributed by atoms with Crippen molar-refractivity contribution < 1.29 is 9.90 Å². The van der Waals surface area contributed by atoms with E-state index in [1.807, 2.05) is 10.3 Å². The van der Waals surface area contributed by atoms with E-state index in [-0.39, 0.29) is 12.5 Å². The normalized spacial score (nSPS) is 16.8. The highest BCUT2D eigenvalue weighted by molar-refractivity contribution is 7.09. The topological polar surface area (TPSA) is 82.7 Å². The summed E-state index contributed by atoms with van der Waals surface area (Å²) in [5.41, 5.74) is 6.01. The number of aromatic nitrogens is 1. The van der Waals surface area contributed by atoms with Gasteiger partial charge in [-0.25, -0.2) is 4.98 Å². The Kier molecular flexibility index (Phi) is 5.26. The van der Waals surface area contributed by atoms with Gasteiger partial charge in [-0.1, -0.05) is 0 Å². The Labute approximate surface area is 116 Å². The van der Waals surface area contributed by atoms with Crippen molar-refractivity contribution in [2.75, 3.05) is 45.9 Å². The molecule has 0 unspecified atom stereocenters.